The maximum atomic E-state index is 10.7. The molecule has 33 heavy (non-hydrogen) atoms. The van der Waals surface area contributed by atoms with Crippen molar-refractivity contribution in [2.24, 2.45) is 0 Å². The van der Waals surface area contributed by atoms with Crippen molar-refractivity contribution in [3.05, 3.63) is 65.7 Å². The zero-order valence-corrected chi connectivity index (χ0v) is 19.8. The number of rotatable bonds is 3. The topological polar surface area (TPSA) is 75.7 Å². The molecule has 0 bridgehead atoms. The van der Waals surface area contributed by atoms with Crippen molar-refractivity contribution in [3.63, 3.8) is 0 Å². The highest BCUT2D eigenvalue weighted by Gasteiger charge is 2.37. The molecular formula is C23H21F3O5S2. The van der Waals surface area contributed by atoms with Gasteiger partial charge >= 0.3 is 5.51 Å². The van der Waals surface area contributed by atoms with Crippen LogP contribution in [0.2, 0.25) is 0 Å². The molecule has 0 amide bonds. The van der Waals surface area contributed by atoms with Gasteiger partial charge in [-0.3, -0.25) is 0 Å². The van der Waals surface area contributed by atoms with Crippen LogP contribution in [-0.4, -0.2) is 32.7 Å². The van der Waals surface area contributed by atoms with Gasteiger partial charge in [0.25, 0.3) is 0 Å². The molecule has 0 saturated carbocycles. The Balaban J connectivity index is 0.000000331. The van der Waals surface area contributed by atoms with E-state index in [-0.39, 0.29) is 10.5 Å². The number of hydrogen-bond donors (Lipinski definition) is 0. The van der Waals surface area contributed by atoms with Gasteiger partial charge in [-0.2, -0.15) is 13.2 Å². The lowest BCUT2D eigenvalue weighted by molar-refractivity contribution is -0.0517. The van der Waals surface area contributed by atoms with E-state index in [9.17, 15) is 13.2 Å². The monoisotopic (exact) mass is 498 g/mol. The number of benzene rings is 3. The maximum Gasteiger partial charge on any atom is 0.485 e. The average molecular weight is 499 g/mol. The zero-order valence-electron chi connectivity index (χ0n) is 18.2. The van der Waals surface area contributed by atoms with E-state index in [1.165, 1.54) is 36.2 Å². The number of halogens is 3. The van der Waals surface area contributed by atoms with Gasteiger partial charge in [-0.15, -0.1) is 0 Å². The highest BCUT2D eigenvalue weighted by atomic mass is 32.2. The van der Waals surface area contributed by atoms with Crippen LogP contribution in [0.1, 0.15) is 11.1 Å². The Bertz CT molecular complexity index is 1410. The van der Waals surface area contributed by atoms with E-state index in [2.05, 4.69) is 62.4 Å². The van der Waals surface area contributed by atoms with Gasteiger partial charge in [-0.05, 0) is 44.2 Å². The first-order valence-corrected chi connectivity index (χ1v) is 12.2. The van der Waals surface area contributed by atoms with E-state index in [4.69, 9.17) is 22.4 Å². The summed E-state index contributed by atoms with van der Waals surface area (Å²) in [7, 11) is -2.81. The first kappa shape index (κ1) is 24.8. The molecule has 4 rings (SSSR count). The Morgan fingerprint density at radius 2 is 1.42 bits per heavy atom. The van der Waals surface area contributed by atoms with Crippen molar-refractivity contribution in [3.8, 4) is 16.4 Å². The largest absolute Gasteiger partial charge is 0.741 e. The Morgan fingerprint density at radius 3 is 1.94 bits per heavy atom. The van der Waals surface area contributed by atoms with Crippen LogP contribution in [0, 0.1) is 13.8 Å². The highest BCUT2D eigenvalue weighted by Crippen LogP contribution is 2.53. The number of aryl methyl sites for hydroxylation is 2. The van der Waals surface area contributed by atoms with Crippen molar-refractivity contribution in [1.29, 1.82) is 0 Å². The predicted octanol–water partition coefficient (Wildman–Crippen LogP) is 6.42. The van der Waals surface area contributed by atoms with Crippen LogP contribution in [0.4, 0.5) is 13.2 Å². The molecular weight excluding hydrogens is 477 g/mol. The van der Waals surface area contributed by atoms with Gasteiger partial charge in [0.2, 0.25) is 4.70 Å². The number of methoxy groups -OCH3 is 2. The second-order valence-corrected chi connectivity index (χ2v) is 10.5. The van der Waals surface area contributed by atoms with Gasteiger partial charge in [0.1, 0.15) is 5.75 Å². The van der Waals surface area contributed by atoms with Gasteiger partial charge in [0.15, 0.2) is 25.5 Å². The fourth-order valence-electron chi connectivity index (χ4n) is 3.32. The van der Waals surface area contributed by atoms with E-state index in [1.54, 1.807) is 14.2 Å². The normalized spacial score (nSPS) is 12.4. The van der Waals surface area contributed by atoms with Crippen LogP contribution < -0.4 is 9.47 Å². The van der Waals surface area contributed by atoms with E-state index in [0.717, 1.165) is 11.5 Å². The third-order valence-corrected chi connectivity index (χ3v) is 7.81. The maximum absolute atomic E-state index is 10.7. The van der Waals surface area contributed by atoms with Crippen LogP contribution >= 0.6 is 10.5 Å². The Labute approximate surface area is 192 Å². The molecule has 0 N–H and O–H groups in total. The number of thiophene rings is 1. The number of ether oxygens (including phenoxy) is 2. The van der Waals surface area contributed by atoms with Gasteiger partial charge in [-0.1, -0.05) is 29.3 Å². The quantitative estimate of drug-likeness (QED) is 0.185. The molecule has 1 heterocycles. The van der Waals surface area contributed by atoms with E-state index < -0.39 is 15.6 Å². The third-order valence-electron chi connectivity index (χ3n) is 4.87. The smallest absolute Gasteiger partial charge is 0.485 e. The summed E-state index contributed by atoms with van der Waals surface area (Å²) in [5.41, 5.74) is -3.11. The molecule has 0 saturated heterocycles. The van der Waals surface area contributed by atoms with Gasteiger partial charge in [0, 0.05) is 21.9 Å². The highest BCUT2D eigenvalue weighted by molar-refractivity contribution is 7.86. The molecule has 4 aromatic rings. The number of alkyl halides is 3. The SMILES string of the molecule is COc1cc(OC)c2c(c1)c1cc(C)ccc1[s+]2-c1ccc(C)cc1.O=S(=O)([O-])C(F)(F)F. The standard InChI is InChI=1S/C22H21O2S.CHF3O3S/c1-14-5-8-17(9-6-14)25-21-10-7-15(2)11-18(21)19-12-16(23-3)13-20(24-4)22(19)25;2-1(3,4)8(5,6)7/h5-13H,1-4H3;(H,5,6,7)/q+1;/p-1. The molecule has 0 aliphatic rings. The van der Waals surface area contributed by atoms with Crippen molar-refractivity contribution in [2.75, 3.05) is 14.2 Å². The fraction of sp³-hybridized carbons (Fsp3) is 0.217. The molecule has 1 unspecified atom stereocenters. The summed E-state index contributed by atoms with van der Waals surface area (Å²) in [6.07, 6.45) is 0. The van der Waals surface area contributed by atoms with Crippen molar-refractivity contribution < 1.29 is 35.6 Å². The molecule has 0 radical (unpaired) electrons. The lowest BCUT2D eigenvalue weighted by Gasteiger charge is -2.08. The summed E-state index contributed by atoms with van der Waals surface area (Å²) >= 11 is 0. The molecule has 176 valence electrons. The van der Waals surface area contributed by atoms with E-state index in [1.807, 2.05) is 6.07 Å². The number of fused-ring (bicyclic) bond motifs is 3. The molecule has 10 heteroatoms. The first-order valence-electron chi connectivity index (χ1n) is 9.57. The minimum atomic E-state index is -6.09. The van der Waals surface area contributed by atoms with Crippen LogP contribution in [0.5, 0.6) is 11.5 Å². The Kier molecular flexibility index (Phi) is 6.92. The van der Waals surface area contributed by atoms with Crippen molar-refractivity contribution in [1.82, 2.24) is 0 Å². The molecule has 1 aromatic heterocycles. The summed E-state index contributed by atoms with van der Waals surface area (Å²) in [4.78, 5) is 1.32. The summed E-state index contributed by atoms with van der Waals surface area (Å²) in [5, 5.41) is 2.51. The lowest BCUT2D eigenvalue weighted by atomic mass is 10.1. The summed E-state index contributed by atoms with van der Waals surface area (Å²) in [6.45, 7) is 4.26. The molecule has 1 atom stereocenters. The third kappa shape index (κ3) is 5.07. The van der Waals surface area contributed by atoms with Gasteiger partial charge in [-0.25, -0.2) is 8.42 Å². The van der Waals surface area contributed by atoms with Crippen molar-refractivity contribution in [2.45, 2.75) is 19.4 Å². The lowest BCUT2D eigenvalue weighted by Crippen LogP contribution is -2.21. The van der Waals surface area contributed by atoms with Crippen LogP contribution in [0.25, 0.3) is 25.1 Å². The molecule has 0 aliphatic carbocycles. The summed E-state index contributed by atoms with van der Waals surface area (Å²) < 4.78 is 72.8. The van der Waals surface area contributed by atoms with Crippen LogP contribution in [0.15, 0.2) is 54.6 Å². The minimum Gasteiger partial charge on any atom is -0.741 e. The van der Waals surface area contributed by atoms with E-state index >= 15 is 0 Å². The molecule has 3 aromatic carbocycles. The minimum absolute atomic E-state index is 0.159. The zero-order chi connectivity index (χ0) is 24.6. The molecule has 0 spiro atoms. The van der Waals surface area contributed by atoms with Gasteiger partial charge < -0.3 is 14.0 Å². The number of hydrogen-bond acceptors (Lipinski definition) is 5. The molecule has 0 aliphatic heterocycles. The van der Waals surface area contributed by atoms with Crippen LogP contribution in [0.3, 0.4) is 0 Å². The summed E-state index contributed by atoms with van der Waals surface area (Å²) in [5.74, 6) is 1.73. The fourth-order valence-corrected chi connectivity index (χ4v) is 5.76. The second kappa shape index (κ2) is 9.20. The Hall–Kier alpha value is -2.82. The van der Waals surface area contributed by atoms with Crippen LogP contribution in [-0.2, 0) is 10.1 Å². The average Bonchev–Trinajstić information content (AvgIpc) is 3.06. The second-order valence-electron chi connectivity index (χ2n) is 7.23. The predicted molar refractivity (Wildman–Crippen MR) is 124 cm³/mol. The Morgan fingerprint density at radius 1 is 0.848 bits per heavy atom. The van der Waals surface area contributed by atoms with Crippen molar-refractivity contribution >= 4 is 40.8 Å². The first-order chi connectivity index (χ1) is 15.4. The molecule has 0 fully saturated rings. The van der Waals surface area contributed by atoms with E-state index in [0.29, 0.717) is 0 Å². The molecule has 5 nitrogen and oxygen atoms in total. The summed E-state index contributed by atoms with van der Waals surface area (Å²) in [6, 6.07) is 19.7. The van der Waals surface area contributed by atoms with Gasteiger partial charge in [0.05, 0.1) is 19.6 Å².